The molecule has 17 unspecified atom stereocenters. The third-order valence-corrected chi connectivity index (χ3v) is 17.5. The summed E-state index contributed by atoms with van der Waals surface area (Å²) in [5, 5.41) is 26.9. The Kier molecular flexibility index (Phi) is 7.02. The Morgan fingerprint density at radius 3 is 2.69 bits per heavy atom. The van der Waals surface area contributed by atoms with Gasteiger partial charge in [-0.05, 0) is 100 Å². The third-order valence-electron chi connectivity index (χ3n) is 17.5. The highest BCUT2D eigenvalue weighted by molar-refractivity contribution is 5.92. The zero-order valence-corrected chi connectivity index (χ0v) is 31.7. The molecule has 3 N–H and O–H groups in total. The van der Waals surface area contributed by atoms with Crippen LogP contribution in [-0.4, -0.2) is 94.8 Å². The van der Waals surface area contributed by atoms with Crippen LogP contribution in [0.25, 0.3) is 0 Å². The minimum atomic E-state index is -1.42. The molecule has 0 radical (unpaired) electrons. The highest BCUT2D eigenvalue weighted by Gasteiger charge is 2.92. The Hall–Kier alpha value is -2.77. The lowest BCUT2D eigenvalue weighted by Crippen LogP contribution is -2.77. The lowest BCUT2D eigenvalue weighted by atomic mass is 9.34. The molecule has 1 aromatic heterocycles. The van der Waals surface area contributed by atoms with Gasteiger partial charge in [0.05, 0.1) is 36.5 Å². The van der Waals surface area contributed by atoms with E-state index >= 15 is 0 Å². The lowest BCUT2D eigenvalue weighted by molar-refractivity contribution is -0.266. The van der Waals surface area contributed by atoms with Crippen molar-refractivity contribution in [2.45, 2.75) is 114 Å². The van der Waals surface area contributed by atoms with Crippen molar-refractivity contribution >= 4 is 17.7 Å². The number of Topliss-reactive ketones (excluding diaryl/α,β-unsaturated/α-hetero) is 1. The van der Waals surface area contributed by atoms with Crippen LogP contribution in [0.1, 0.15) is 83.6 Å². The molecular weight excluding hydrogens is 692 g/mol. The number of hydrogen-bond donors (Lipinski definition) is 3. The van der Waals surface area contributed by atoms with Gasteiger partial charge in [-0.25, -0.2) is 4.79 Å². The average molecular weight is 747 g/mol. The van der Waals surface area contributed by atoms with Crippen LogP contribution in [0.3, 0.4) is 0 Å². The van der Waals surface area contributed by atoms with E-state index in [1.54, 1.807) is 6.26 Å². The van der Waals surface area contributed by atoms with Crippen molar-refractivity contribution in [2.24, 2.45) is 63.6 Å². The second-order valence-corrected chi connectivity index (χ2v) is 19.9. The first-order valence-electron chi connectivity index (χ1n) is 20.6. The summed E-state index contributed by atoms with van der Waals surface area (Å²) in [6.07, 6.45) is 8.15. The van der Waals surface area contributed by atoms with Crippen molar-refractivity contribution < 1.29 is 48.0 Å². The lowest BCUT2D eigenvalue weighted by Gasteiger charge is -2.68. The monoisotopic (exact) mass is 746 g/mol. The maximum absolute atomic E-state index is 14.8. The van der Waals surface area contributed by atoms with Crippen molar-refractivity contribution in [2.75, 3.05) is 26.4 Å². The van der Waals surface area contributed by atoms with Crippen molar-refractivity contribution in [1.82, 2.24) is 10.2 Å². The number of hydrogen-bond acceptors (Lipinski definition) is 12. The van der Waals surface area contributed by atoms with E-state index in [1.165, 1.54) is 0 Å². The smallest absolute Gasteiger partial charge is 0.339 e. The number of aliphatic hydroxyl groups is 2. The van der Waals surface area contributed by atoms with E-state index in [0.717, 1.165) is 38.0 Å². The number of aliphatic hydroxyl groups excluding tert-OH is 2. The summed E-state index contributed by atoms with van der Waals surface area (Å²) in [5.41, 5.74) is -4.26. The van der Waals surface area contributed by atoms with Gasteiger partial charge in [0, 0.05) is 47.4 Å². The van der Waals surface area contributed by atoms with Crippen molar-refractivity contribution in [3.05, 3.63) is 35.9 Å². The predicted octanol–water partition coefficient (Wildman–Crippen LogP) is 3.30. The number of nitrogens with zero attached hydrogens (tertiary/aromatic N) is 1. The van der Waals surface area contributed by atoms with Gasteiger partial charge in [-0.1, -0.05) is 19.9 Å². The largest absolute Gasteiger partial charge is 0.469 e. The summed E-state index contributed by atoms with van der Waals surface area (Å²) in [4.78, 5) is 44.7. The molecule has 6 aliphatic heterocycles. The van der Waals surface area contributed by atoms with Crippen LogP contribution in [0.15, 0.2) is 29.0 Å². The second kappa shape index (κ2) is 11.0. The molecule has 5 saturated heterocycles. The second-order valence-electron chi connectivity index (χ2n) is 19.9. The van der Waals surface area contributed by atoms with Crippen LogP contribution >= 0.6 is 0 Å². The average Bonchev–Trinajstić information content (AvgIpc) is 3.41. The minimum Gasteiger partial charge on any atom is -0.469 e. The number of carbonyl (C=O) groups is 3. The Morgan fingerprint density at radius 1 is 1.04 bits per heavy atom. The van der Waals surface area contributed by atoms with E-state index in [4.69, 9.17) is 23.4 Å². The van der Waals surface area contributed by atoms with Gasteiger partial charge in [-0.15, -0.1) is 0 Å². The SMILES string of the molecule is CC1(C)OC2C3CCC4CC5(C)C(c6ccoc6CC(CO)C6CCC7C(C=CN8CNCC78)C6)OC(=O)C6OC65C5(C)C(O)C(=O)C1C2(COC3=O)C45. The molecule has 2 spiro atoms. The molecule has 4 aliphatic carbocycles. The Bertz CT molecular complexity index is 1840. The Balaban J connectivity index is 0.962. The molecule has 0 amide bonds. The quantitative estimate of drug-likeness (QED) is 0.299. The summed E-state index contributed by atoms with van der Waals surface area (Å²) >= 11 is 0. The number of ketones is 1. The van der Waals surface area contributed by atoms with E-state index in [0.29, 0.717) is 55.2 Å². The molecule has 54 heavy (non-hydrogen) atoms. The normalized spacial score (nSPS) is 52.2. The number of epoxide rings is 1. The number of ether oxygens (including phenoxy) is 4. The maximum atomic E-state index is 14.8. The van der Waals surface area contributed by atoms with Crippen LogP contribution in [0.2, 0.25) is 0 Å². The summed E-state index contributed by atoms with van der Waals surface area (Å²) in [6, 6.07) is 2.43. The zero-order valence-electron chi connectivity index (χ0n) is 31.7. The molecule has 12 heteroatoms. The molecule has 10 aliphatic rings. The van der Waals surface area contributed by atoms with Gasteiger partial charge in [0.2, 0.25) is 0 Å². The number of fused-ring (bicyclic) bond motifs is 3. The molecule has 2 bridgehead atoms. The van der Waals surface area contributed by atoms with E-state index < -0.39 is 69.7 Å². The van der Waals surface area contributed by atoms with Gasteiger partial charge < -0.3 is 38.5 Å². The Labute approximate surface area is 315 Å². The third kappa shape index (κ3) is 3.91. The van der Waals surface area contributed by atoms with Crippen LogP contribution in [-0.2, 0) is 39.8 Å². The maximum Gasteiger partial charge on any atom is 0.339 e. The van der Waals surface area contributed by atoms with Gasteiger partial charge in [-0.3, -0.25) is 14.9 Å². The first kappa shape index (κ1) is 34.5. The summed E-state index contributed by atoms with van der Waals surface area (Å²) in [5.74, 6) is -0.563. The van der Waals surface area contributed by atoms with Gasteiger partial charge in [0.15, 0.2) is 11.9 Å². The number of furan rings is 1. The van der Waals surface area contributed by atoms with Crippen LogP contribution in [0.5, 0.6) is 0 Å². The Morgan fingerprint density at radius 2 is 1.87 bits per heavy atom. The van der Waals surface area contributed by atoms with Crippen LogP contribution in [0, 0.1) is 63.6 Å². The zero-order chi connectivity index (χ0) is 37.3. The van der Waals surface area contributed by atoms with E-state index in [1.807, 2.05) is 26.8 Å². The highest BCUT2D eigenvalue weighted by Crippen LogP contribution is 2.82. The molecule has 1 aromatic rings. The highest BCUT2D eigenvalue weighted by atomic mass is 16.7. The van der Waals surface area contributed by atoms with Crippen molar-refractivity contribution in [1.29, 1.82) is 0 Å². The van der Waals surface area contributed by atoms with E-state index in [-0.39, 0.29) is 42.7 Å². The molecule has 11 rings (SSSR count). The summed E-state index contributed by atoms with van der Waals surface area (Å²) in [6.45, 7) is 9.87. The minimum absolute atomic E-state index is 0.0286. The molecule has 17 atom stereocenters. The number of cyclic esters (lactones) is 2. The van der Waals surface area contributed by atoms with Crippen LogP contribution in [0.4, 0.5) is 0 Å². The summed E-state index contributed by atoms with van der Waals surface area (Å²) < 4.78 is 32.2. The number of esters is 2. The molecule has 7 heterocycles. The van der Waals surface area contributed by atoms with Gasteiger partial charge in [0.1, 0.15) is 30.2 Å². The van der Waals surface area contributed by atoms with Crippen LogP contribution < -0.4 is 5.32 Å². The number of rotatable bonds is 5. The fraction of sp³-hybridized carbons (Fsp3) is 0.786. The molecule has 9 fully saturated rings. The number of carbonyl (C=O) groups excluding carboxylic acids is 3. The molecule has 12 nitrogen and oxygen atoms in total. The van der Waals surface area contributed by atoms with E-state index in [9.17, 15) is 24.6 Å². The topological polar surface area (TPSA) is 160 Å². The van der Waals surface area contributed by atoms with E-state index in [2.05, 4.69) is 29.4 Å². The molecule has 4 saturated carbocycles. The number of nitrogens with one attached hydrogen (secondary N) is 1. The summed E-state index contributed by atoms with van der Waals surface area (Å²) in [7, 11) is 0. The van der Waals surface area contributed by atoms with Crippen molar-refractivity contribution in [3.63, 3.8) is 0 Å². The molecule has 0 aromatic carbocycles. The fourth-order valence-corrected chi connectivity index (χ4v) is 15.7. The van der Waals surface area contributed by atoms with Gasteiger partial charge in [0.25, 0.3) is 0 Å². The first-order chi connectivity index (χ1) is 25.8. The molecular formula is C42H54N2O10. The standard InChI is InChI=1S/C42H54N2O10/c1-38(2)31-29(46)32(47)40(4)30-22(6-8-26-34(53-38)41(30,31)18-51-36(26)48)15-39(3)33(52-37(49)35-42(39,40)54-35)25-10-12-50-28(25)14-23(17-45)20-5-7-24-21(13-20)9-11-44-19-43-16-27(24)44/h9-12,20-24,26-27,30-35,43,45,47H,5-8,13-19H2,1-4H3. The fourth-order valence-electron chi connectivity index (χ4n) is 15.7. The predicted molar refractivity (Wildman–Crippen MR) is 189 cm³/mol. The number of allylic oxidation sites excluding steroid dienone is 1. The van der Waals surface area contributed by atoms with Gasteiger partial charge >= 0.3 is 11.9 Å². The van der Waals surface area contributed by atoms with Crippen molar-refractivity contribution in [3.8, 4) is 0 Å². The van der Waals surface area contributed by atoms with Gasteiger partial charge in [-0.2, -0.15) is 0 Å². The first-order valence-corrected chi connectivity index (χ1v) is 20.6. The molecule has 292 valence electrons.